The molecular formula is C19H18ClN3O2. The average Bonchev–Trinajstić information content (AvgIpc) is 3.08. The van der Waals surface area contributed by atoms with Crippen molar-refractivity contribution in [3.63, 3.8) is 0 Å². The van der Waals surface area contributed by atoms with Crippen LogP contribution in [-0.2, 0) is 17.8 Å². The van der Waals surface area contributed by atoms with Gasteiger partial charge in [-0.2, -0.15) is 4.98 Å². The number of rotatable bonds is 6. The van der Waals surface area contributed by atoms with E-state index in [-0.39, 0.29) is 12.3 Å². The number of hydrogen-bond acceptors (Lipinski definition) is 4. The molecule has 0 atom stereocenters. The van der Waals surface area contributed by atoms with Crippen molar-refractivity contribution in [2.45, 2.75) is 26.3 Å². The van der Waals surface area contributed by atoms with Gasteiger partial charge in [0.15, 0.2) is 0 Å². The number of amides is 1. The topological polar surface area (TPSA) is 68.0 Å². The molecule has 0 radical (unpaired) electrons. The molecule has 3 aromatic rings. The summed E-state index contributed by atoms with van der Waals surface area (Å²) in [5.74, 6) is 0.898. The molecule has 0 aliphatic carbocycles. The predicted octanol–water partition coefficient (Wildman–Crippen LogP) is 3.95. The highest BCUT2D eigenvalue weighted by molar-refractivity contribution is 6.31. The standard InChI is InChI=1S/C19H18ClN3O2/c1-13-5-4-7-14(11-13)19-22-18(25-23-19)10-9-17(24)21-12-15-6-2-3-8-16(15)20/h2-8,11H,9-10,12H2,1H3,(H,21,24). The van der Waals surface area contributed by atoms with Crippen molar-refractivity contribution in [1.29, 1.82) is 0 Å². The van der Waals surface area contributed by atoms with Crippen LogP contribution in [-0.4, -0.2) is 16.0 Å². The minimum absolute atomic E-state index is 0.0878. The third kappa shape index (κ3) is 4.67. The minimum Gasteiger partial charge on any atom is -0.352 e. The molecule has 0 fully saturated rings. The van der Waals surface area contributed by atoms with E-state index in [1.165, 1.54) is 0 Å². The van der Waals surface area contributed by atoms with Gasteiger partial charge in [0.25, 0.3) is 0 Å². The second kappa shape index (κ2) is 7.94. The van der Waals surface area contributed by atoms with Crippen molar-refractivity contribution in [3.8, 4) is 11.4 Å². The quantitative estimate of drug-likeness (QED) is 0.727. The van der Waals surface area contributed by atoms with Gasteiger partial charge in [0.2, 0.25) is 17.6 Å². The lowest BCUT2D eigenvalue weighted by atomic mass is 10.1. The molecule has 6 heteroatoms. The summed E-state index contributed by atoms with van der Waals surface area (Å²) in [6.45, 7) is 2.41. The summed E-state index contributed by atoms with van der Waals surface area (Å²) < 4.78 is 5.23. The van der Waals surface area contributed by atoms with Gasteiger partial charge in [-0.1, -0.05) is 58.7 Å². The smallest absolute Gasteiger partial charge is 0.227 e. The molecule has 128 valence electrons. The van der Waals surface area contributed by atoms with Gasteiger partial charge in [0, 0.05) is 30.0 Å². The summed E-state index contributed by atoms with van der Waals surface area (Å²) in [5.41, 5.74) is 2.91. The maximum Gasteiger partial charge on any atom is 0.227 e. The number of carbonyl (C=O) groups is 1. The molecule has 0 unspecified atom stereocenters. The maximum atomic E-state index is 12.0. The van der Waals surface area contributed by atoms with Crippen LogP contribution in [0.2, 0.25) is 5.02 Å². The molecule has 1 heterocycles. The SMILES string of the molecule is Cc1cccc(-c2noc(CCC(=O)NCc3ccccc3Cl)n2)c1. The van der Waals surface area contributed by atoms with Gasteiger partial charge >= 0.3 is 0 Å². The molecule has 25 heavy (non-hydrogen) atoms. The fourth-order valence-corrected chi connectivity index (χ4v) is 2.60. The Kier molecular flexibility index (Phi) is 5.46. The summed E-state index contributed by atoms with van der Waals surface area (Å²) in [7, 11) is 0. The van der Waals surface area contributed by atoms with Gasteiger partial charge in [0.1, 0.15) is 0 Å². The van der Waals surface area contributed by atoms with E-state index in [1.807, 2.05) is 49.4 Å². The predicted molar refractivity (Wildman–Crippen MR) is 96.1 cm³/mol. The van der Waals surface area contributed by atoms with Crippen LogP contribution in [0.4, 0.5) is 0 Å². The van der Waals surface area contributed by atoms with Crippen molar-refractivity contribution >= 4 is 17.5 Å². The Labute approximate surface area is 151 Å². The summed E-state index contributed by atoms with van der Waals surface area (Å²) in [6, 6.07) is 15.3. The van der Waals surface area contributed by atoms with Crippen molar-refractivity contribution in [3.05, 3.63) is 70.6 Å². The van der Waals surface area contributed by atoms with Crippen LogP contribution < -0.4 is 5.32 Å². The van der Waals surface area contributed by atoms with Crippen molar-refractivity contribution in [2.75, 3.05) is 0 Å². The Morgan fingerprint density at radius 1 is 1.20 bits per heavy atom. The maximum absolute atomic E-state index is 12.0. The monoisotopic (exact) mass is 355 g/mol. The molecule has 0 saturated heterocycles. The molecule has 0 bridgehead atoms. The van der Waals surface area contributed by atoms with Gasteiger partial charge in [-0.25, -0.2) is 0 Å². The Hall–Kier alpha value is -2.66. The summed E-state index contributed by atoms with van der Waals surface area (Å²) >= 11 is 6.07. The highest BCUT2D eigenvalue weighted by Crippen LogP contribution is 2.17. The van der Waals surface area contributed by atoms with E-state index in [0.717, 1.165) is 16.7 Å². The van der Waals surface area contributed by atoms with Crippen LogP contribution in [0.3, 0.4) is 0 Å². The average molecular weight is 356 g/mol. The van der Waals surface area contributed by atoms with E-state index in [2.05, 4.69) is 15.5 Å². The zero-order valence-corrected chi connectivity index (χ0v) is 14.6. The number of benzene rings is 2. The lowest BCUT2D eigenvalue weighted by molar-refractivity contribution is -0.121. The Bertz CT molecular complexity index is 876. The van der Waals surface area contributed by atoms with Crippen LogP contribution in [0, 0.1) is 6.92 Å². The fourth-order valence-electron chi connectivity index (χ4n) is 2.40. The molecule has 0 saturated carbocycles. The molecule has 0 aliphatic rings. The van der Waals surface area contributed by atoms with Gasteiger partial charge < -0.3 is 9.84 Å². The normalized spacial score (nSPS) is 10.6. The van der Waals surface area contributed by atoms with Gasteiger partial charge in [-0.3, -0.25) is 4.79 Å². The lowest BCUT2D eigenvalue weighted by Gasteiger charge is -2.05. The zero-order valence-electron chi connectivity index (χ0n) is 13.8. The van der Waals surface area contributed by atoms with Crippen molar-refractivity contribution < 1.29 is 9.32 Å². The van der Waals surface area contributed by atoms with Gasteiger partial charge in [-0.15, -0.1) is 0 Å². The van der Waals surface area contributed by atoms with Crippen LogP contribution >= 0.6 is 11.6 Å². The summed E-state index contributed by atoms with van der Waals surface area (Å²) in [4.78, 5) is 16.3. The molecule has 1 amide bonds. The minimum atomic E-state index is -0.0878. The van der Waals surface area contributed by atoms with Gasteiger partial charge in [0.05, 0.1) is 0 Å². The van der Waals surface area contributed by atoms with E-state index in [9.17, 15) is 4.79 Å². The van der Waals surface area contributed by atoms with Crippen LogP contribution in [0.1, 0.15) is 23.4 Å². The second-order valence-corrected chi connectivity index (χ2v) is 6.16. The van der Waals surface area contributed by atoms with E-state index in [1.54, 1.807) is 6.07 Å². The Balaban J connectivity index is 1.52. The van der Waals surface area contributed by atoms with Crippen LogP contribution in [0.25, 0.3) is 11.4 Å². The molecule has 0 aliphatic heterocycles. The molecule has 0 spiro atoms. The molecule has 5 nitrogen and oxygen atoms in total. The first kappa shape index (κ1) is 17.2. The number of halogens is 1. The van der Waals surface area contributed by atoms with Crippen LogP contribution in [0.15, 0.2) is 53.1 Å². The molecule has 3 rings (SSSR count). The first-order chi connectivity index (χ1) is 12.1. The summed E-state index contributed by atoms with van der Waals surface area (Å²) in [6.07, 6.45) is 0.674. The first-order valence-corrected chi connectivity index (χ1v) is 8.39. The second-order valence-electron chi connectivity index (χ2n) is 5.75. The van der Waals surface area contributed by atoms with E-state index < -0.39 is 0 Å². The Morgan fingerprint density at radius 2 is 2.04 bits per heavy atom. The number of carbonyl (C=O) groups excluding carboxylic acids is 1. The highest BCUT2D eigenvalue weighted by Gasteiger charge is 2.11. The molecule has 1 N–H and O–H groups in total. The highest BCUT2D eigenvalue weighted by atomic mass is 35.5. The third-order valence-corrected chi connectivity index (χ3v) is 4.11. The zero-order chi connectivity index (χ0) is 17.6. The van der Waals surface area contributed by atoms with E-state index >= 15 is 0 Å². The third-order valence-electron chi connectivity index (χ3n) is 3.74. The van der Waals surface area contributed by atoms with E-state index in [0.29, 0.717) is 29.7 Å². The largest absolute Gasteiger partial charge is 0.352 e. The molecular weight excluding hydrogens is 338 g/mol. The number of nitrogens with one attached hydrogen (secondary N) is 1. The number of hydrogen-bond donors (Lipinski definition) is 1. The van der Waals surface area contributed by atoms with Crippen molar-refractivity contribution in [2.24, 2.45) is 0 Å². The Morgan fingerprint density at radius 3 is 2.84 bits per heavy atom. The first-order valence-electron chi connectivity index (χ1n) is 8.01. The van der Waals surface area contributed by atoms with Crippen LogP contribution in [0.5, 0.6) is 0 Å². The number of nitrogens with zero attached hydrogens (tertiary/aromatic N) is 2. The van der Waals surface area contributed by atoms with Gasteiger partial charge in [-0.05, 0) is 24.6 Å². The summed E-state index contributed by atoms with van der Waals surface area (Å²) in [5, 5.41) is 7.46. The number of aromatic nitrogens is 2. The fraction of sp³-hybridized carbons (Fsp3) is 0.211. The van der Waals surface area contributed by atoms with Crippen molar-refractivity contribution in [1.82, 2.24) is 15.5 Å². The number of aryl methyl sites for hydroxylation is 2. The lowest BCUT2D eigenvalue weighted by Crippen LogP contribution is -2.23. The molecule has 1 aromatic heterocycles. The van der Waals surface area contributed by atoms with E-state index in [4.69, 9.17) is 16.1 Å². The molecule has 2 aromatic carbocycles.